The van der Waals surface area contributed by atoms with Gasteiger partial charge in [-0.2, -0.15) is 10.2 Å². The summed E-state index contributed by atoms with van der Waals surface area (Å²) in [5.41, 5.74) is 5.10. The Morgan fingerprint density at radius 3 is 1.38 bits per heavy atom. The van der Waals surface area contributed by atoms with Crippen molar-refractivity contribution in [3.8, 4) is 0 Å². The van der Waals surface area contributed by atoms with Gasteiger partial charge in [0.15, 0.2) is 0 Å². The third kappa shape index (κ3) is 5.41. The lowest BCUT2D eigenvalue weighted by Crippen LogP contribution is -2.35. The van der Waals surface area contributed by atoms with Crippen LogP contribution in [0, 0.1) is 11.6 Å². The van der Waals surface area contributed by atoms with Gasteiger partial charge in [-0.3, -0.25) is 9.59 Å². The molecule has 2 aromatic carbocycles. The maximum atomic E-state index is 12.7. The van der Waals surface area contributed by atoms with Crippen LogP contribution in [0.2, 0.25) is 0 Å². The van der Waals surface area contributed by atoms with E-state index < -0.39 is 23.4 Å². The molecule has 0 radical (unpaired) electrons. The zero-order valence-electron chi connectivity index (χ0n) is 12.2. The van der Waals surface area contributed by atoms with Gasteiger partial charge in [-0.05, 0) is 35.4 Å². The quantitative estimate of drug-likeness (QED) is 0.507. The first-order valence-electron chi connectivity index (χ1n) is 6.72. The molecule has 8 heteroatoms. The second kappa shape index (κ2) is 8.28. The van der Waals surface area contributed by atoms with Gasteiger partial charge in [0.1, 0.15) is 11.6 Å². The van der Waals surface area contributed by atoms with E-state index in [-0.39, 0.29) is 0 Å². The number of hydrazone groups is 2. The van der Waals surface area contributed by atoms with Crippen LogP contribution in [0.4, 0.5) is 8.78 Å². The summed E-state index contributed by atoms with van der Waals surface area (Å²) >= 11 is 0. The monoisotopic (exact) mass is 330 g/mol. The van der Waals surface area contributed by atoms with Crippen molar-refractivity contribution in [3.63, 3.8) is 0 Å². The molecule has 2 aromatic rings. The topological polar surface area (TPSA) is 82.9 Å². The average molecular weight is 330 g/mol. The molecule has 0 aliphatic carbocycles. The van der Waals surface area contributed by atoms with E-state index >= 15 is 0 Å². The lowest BCUT2D eigenvalue weighted by Gasteiger charge is -1.98. The highest BCUT2D eigenvalue weighted by atomic mass is 19.1. The number of benzene rings is 2. The molecule has 24 heavy (non-hydrogen) atoms. The SMILES string of the molecule is O=C(N/N=C/c1ccc(F)cc1)C(=O)N/N=C/c1ccc(F)cc1. The number of amides is 2. The summed E-state index contributed by atoms with van der Waals surface area (Å²) < 4.78 is 25.4. The van der Waals surface area contributed by atoms with Gasteiger partial charge in [0.05, 0.1) is 12.4 Å². The van der Waals surface area contributed by atoms with E-state index in [0.29, 0.717) is 11.1 Å². The molecule has 0 unspecified atom stereocenters. The molecule has 0 heterocycles. The number of nitrogens with zero attached hydrogens (tertiary/aromatic N) is 2. The summed E-state index contributed by atoms with van der Waals surface area (Å²) in [5, 5.41) is 7.13. The Balaban J connectivity index is 1.80. The van der Waals surface area contributed by atoms with Crippen LogP contribution in [0.25, 0.3) is 0 Å². The van der Waals surface area contributed by atoms with E-state index in [1.807, 2.05) is 10.9 Å². The minimum Gasteiger partial charge on any atom is -0.262 e. The number of hydrogen-bond donors (Lipinski definition) is 2. The fourth-order valence-corrected chi connectivity index (χ4v) is 1.53. The summed E-state index contributed by atoms with van der Waals surface area (Å²) in [6.45, 7) is 0. The van der Waals surface area contributed by atoms with Gasteiger partial charge in [-0.15, -0.1) is 0 Å². The second-order valence-corrected chi connectivity index (χ2v) is 4.50. The van der Waals surface area contributed by atoms with Crippen LogP contribution in [-0.4, -0.2) is 24.2 Å². The van der Waals surface area contributed by atoms with Crippen LogP contribution in [0.3, 0.4) is 0 Å². The van der Waals surface area contributed by atoms with Gasteiger partial charge in [0.2, 0.25) is 0 Å². The summed E-state index contributed by atoms with van der Waals surface area (Å²) in [6.07, 6.45) is 2.51. The summed E-state index contributed by atoms with van der Waals surface area (Å²) in [5.74, 6) is -2.83. The number of nitrogens with one attached hydrogen (secondary N) is 2. The van der Waals surface area contributed by atoms with Crippen molar-refractivity contribution in [2.75, 3.05) is 0 Å². The van der Waals surface area contributed by atoms with Gasteiger partial charge in [0, 0.05) is 0 Å². The molecule has 6 nitrogen and oxygen atoms in total. The summed E-state index contributed by atoms with van der Waals surface area (Å²) in [7, 11) is 0. The fourth-order valence-electron chi connectivity index (χ4n) is 1.53. The van der Waals surface area contributed by atoms with Gasteiger partial charge in [-0.1, -0.05) is 24.3 Å². The zero-order chi connectivity index (χ0) is 17.4. The molecule has 0 saturated heterocycles. The normalized spacial score (nSPS) is 10.9. The molecule has 0 spiro atoms. The number of hydrogen-bond acceptors (Lipinski definition) is 4. The van der Waals surface area contributed by atoms with Crippen molar-refractivity contribution >= 4 is 24.2 Å². The molecule has 0 aliphatic rings. The number of halogens is 2. The minimum atomic E-state index is -1.02. The fraction of sp³-hybridized carbons (Fsp3) is 0. The molecule has 0 saturated carbocycles. The Morgan fingerprint density at radius 2 is 1.04 bits per heavy atom. The first-order chi connectivity index (χ1) is 11.5. The Bertz CT molecular complexity index is 704. The molecule has 2 amide bonds. The van der Waals surface area contributed by atoms with Gasteiger partial charge in [-0.25, -0.2) is 19.6 Å². The van der Waals surface area contributed by atoms with Crippen molar-refractivity contribution in [1.29, 1.82) is 0 Å². The Labute approximate surface area is 135 Å². The van der Waals surface area contributed by atoms with Crippen LogP contribution >= 0.6 is 0 Å². The van der Waals surface area contributed by atoms with Crippen molar-refractivity contribution in [2.45, 2.75) is 0 Å². The molecule has 0 bridgehead atoms. The second-order valence-electron chi connectivity index (χ2n) is 4.50. The predicted molar refractivity (Wildman–Crippen MR) is 84.3 cm³/mol. The number of carbonyl (C=O) groups excluding carboxylic acids is 2. The summed E-state index contributed by atoms with van der Waals surface area (Å²) in [4.78, 5) is 22.9. The molecule has 0 atom stereocenters. The maximum Gasteiger partial charge on any atom is 0.331 e. The van der Waals surface area contributed by atoms with Crippen LogP contribution < -0.4 is 10.9 Å². The maximum absolute atomic E-state index is 12.7. The van der Waals surface area contributed by atoms with Crippen molar-refractivity contribution in [2.24, 2.45) is 10.2 Å². The number of carbonyl (C=O) groups is 2. The molecular weight excluding hydrogens is 318 g/mol. The molecule has 2 rings (SSSR count). The van der Waals surface area contributed by atoms with Crippen molar-refractivity contribution < 1.29 is 18.4 Å². The highest BCUT2D eigenvalue weighted by Crippen LogP contribution is 2.00. The van der Waals surface area contributed by atoms with E-state index in [9.17, 15) is 18.4 Å². The highest BCUT2D eigenvalue weighted by molar-refractivity contribution is 6.35. The first kappa shape index (κ1) is 16.9. The van der Waals surface area contributed by atoms with Crippen LogP contribution in [0.1, 0.15) is 11.1 Å². The van der Waals surface area contributed by atoms with Crippen molar-refractivity contribution in [3.05, 3.63) is 71.3 Å². The lowest BCUT2D eigenvalue weighted by atomic mass is 10.2. The molecular formula is C16H12F2N4O2. The third-order valence-corrected chi connectivity index (χ3v) is 2.71. The van der Waals surface area contributed by atoms with Gasteiger partial charge in [0.25, 0.3) is 0 Å². The van der Waals surface area contributed by atoms with E-state index in [2.05, 4.69) is 10.2 Å². The highest BCUT2D eigenvalue weighted by Gasteiger charge is 2.10. The standard InChI is InChI=1S/C16H12F2N4O2/c17-13-5-1-11(2-6-13)9-19-21-15(23)16(24)22-20-10-12-3-7-14(18)8-4-12/h1-10H,(H,21,23)(H,22,24)/b19-9+,20-10+. The van der Waals surface area contributed by atoms with E-state index in [4.69, 9.17) is 0 Å². The van der Waals surface area contributed by atoms with E-state index in [1.165, 1.54) is 61.0 Å². The molecule has 0 aromatic heterocycles. The van der Waals surface area contributed by atoms with Gasteiger partial charge < -0.3 is 0 Å². The molecule has 2 N–H and O–H groups in total. The largest absolute Gasteiger partial charge is 0.331 e. The van der Waals surface area contributed by atoms with Crippen LogP contribution in [-0.2, 0) is 9.59 Å². The Kier molecular flexibility index (Phi) is 5.84. The molecule has 122 valence electrons. The van der Waals surface area contributed by atoms with Crippen LogP contribution in [0.15, 0.2) is 58.7 Å². The summed E-state index contributed by atoms with van der Waals surface area (Å²) in [6, 6.07) is 10.8. The Morgan fingerprint density at radius 1 is 0.708 bits per heavy atom. The number of rotatable bonds is 4. The van der Waals surface area contributed by atoms with E-state index in [1.54, 1.807) is 0 Å². The average Bonchev–Trinajstić information content (AvgIpc) is 2.58. The smallest absolute Gasteiger partial charge is 0.262 e. The minimum absolute atomic E-state index is 0.394. The first-order valence-corrected chi connectivity index (χ1v) is 6.72. The van der Waals surface area contributed by atoms with Gasteiger partial charge >= 0.3 is 11.8 Å². The lowest BCUT2D eigenvalue weighted by molar-refractivity contribution is -0.139. The van der Waals surface area contributed by atoms with Crippen molar-refractivity contribution in [1.82, 2.24) is 10.9 Å². The molecule has 0 aliphatic heterocycles. The third-order valence-electron chi connectivity index (χ3n) is 2.71. The van der Waals surface area contributed by atoms with Crippen LogP contribution in [0.5, 0.6) is 0 Å². The van der Waals surface area contributed by atoms with E-state index in [0.717, 1.165) is 0 Å². The predicted octanol–water partition coefficient (Wildman–Crippen LogP) is 1.57. The zero-order valence-corrected chi connectivity index (χ0v) is 12.2. The Hall–Kier alpha value is -3.42. The molecule has 0 fully saturated rings.